The van der Waals surface area contributed by atoms with Crippen molar-refractivity contribution >= 4 is 16.7 Å². The van der Waals surface area contributed by atoms with E-state index in [2.05, 4.69) is 30.3 Å². The van der Waals surface area contributed by atoms with Crippen LogP contribution >= 0.6 is 0 Å². The van der Waals surface area contributed by atoms with Crippen LogP contribution in [0.25, 0.3) is 10.8 Å². The van der Waals surface area contributed by atoms with Gasteiger partial charge in [0.2, 0.25) is 0 Å². The van der Waals surface area contributed by atoms with E-state index in [1.807, 2.05) is 72.8 Å². The van der Waals surface area contributed by atoms with Gasteiger partial charge in [0.1, 0.15) is 5.60 Å². The lowest BCUT2D eigenvalue weighted by Crippen LogP contribution is -2.38. The molecule has 32 heavy (non-hydrogen) atoms. The average Bonchev–Trinajstić information content (AvgIpc) is 3.18. The van der Waals surface area contributed by atoms with Crippen molar-refractivity contribution in [2.75, 3.05) is 7.11 Å². The third kappa shape index (κ3) is 3.39. The molecule has 4 atom stereocenters. The van der Waals surface area contributed by atoms with Crippen LogP contribution in [-0.2, 0) is 15.1 Å². The van der Waals surface area contributed by atoms with Crippen LogP contribution in [0.15, 0.2) is 103 Å². The fourth-order valence-corrected chi connectivity index (χ4v) is 5.47. The molecule has 160 valence electrons. The molecule has 0 aliphatic heterocycles. The molecule has 1 aliphatic rings. The second-order valence-electron chi connectivity index (χ2n) is 8.64. The molecule has 0 heterocycles. The van der Waals surface area contributed by atoms with Crippen LogP contribution < -0.4 is 0 Å². The van der Waals surface area contributed by atoms with Gasteiger partial charge < -0.3 is 9.84 Å². The van der Waals surface area contributed by atoms with Gasteiger partial charge in [-0.3, -0.25) is 4.79 Å². The van der Waals surface area contributed by atoms with Gasteiger partial charge in [0.15, 0.2) is 0 Å². The van der Waals surface area contributed by atoms with Crippen molar-refractivity contribution < 1.29 is 14.6 Å². The summed E-state index contributed by atoms with van der Waals surface area (Å²) >= 11 is 0. The highest BCUT2D eigenvalue weighted by molar-refractivity contribution is 5.83. The first-order valence-electron chi connectivity index (χ1n) is 11.0. The molecule has 0 aromatic heterocycles. The Labute approximate surface area is 188 Å². The number of carbonyl (C=O) groups is 1. The average molecular weight is 423 g/mol. The van der Waals surface area contributed by atoms with Crippen molar-refractivity contribution in [3.63, 3.8) is 0 Å². The van der Waals surface area contributed by atoms with Gasteiger partial charge in [-0.2, -0.15) is 0 Å². The Morgan fingerprint density at radius 3 is 2.12 bits per heavy atom. The zero-order valence-electron chi connectivity index (χ0n) is 18.0. The van der Waals surface area contributed by atoms with Gasteiger partial charge >= 0.3 is 5.97 Å². The Morgan fingerprint density at radius 2 is 1.44 bits per heavy atom. The molecule has 1 aliphatic carbocycles. The minimum atomic E-state index is -1.33. The van der Waals surface area contributed by atoms with E-state index in [-0.39, 0.29) is 17.8 Å². The van der Waals surface area contributed by atoms with E-state index < -0.39 is 11.5 Å². The summed E-state index contributed by atoms with van der Waals surface area (Å²) in [6, 6.07) is 34.3. The zero-order chi connectivity index (χ0) is 22.1. The molecule has 3 nitrogen and oxygen atoms in total. The van der Waals surface area contributed by atoms with Gasteiger partial charge in [0, 0.05) is 5.92 Å². The van der Waals surface area contributed by atoms with Crippen molar-refractivity contribution in [3.05, 3.63) is 120 Å². The second kappa shape index (κ2) is 8.25. The highest BCUT2D eigenvalue weighted by Gasteiger charge is 2.58. The lowest BCUT2D eigenvalue weighted by molar-refractivity contribution is -0.155. The third-order valence-corrected chi connectivity index (χ3v) is 6.95. The molecule has 0 saturated heterocycles. The van der Waals surface area contributed by atoms with Crippen LogP contribution in [0.5, 0.6) is 0 Å². The Balaban J connectivity index is 1.71. The predicted molar refractivity (Wildman–Crippen MR) is 126 cm³/mol. The number of aliphatic hydroxyl groups is 1. The first-order valence-corrected chi connectivity index (χ1v) is 11.0. The molecule has 0 spiro atoms. The molecule has 1 saturated carbocycles. The van der Waals surface area contributed by atoms with Crippen LogP contribution in [-0.4, -0.2) is 18.2 Å². The number of methoxy groups -OCH3 is 1. The molecule has 1 N–H and O–H groups in total. The maximum atomic E-state index is 13.2. The zero-order valence-corrected chi connectivity index (χ0v) is 18.0. The van der Waals surface area contributed by atoms with E-state index in [1.54, 1.807) is 0 Å². The molecular formula is C29H26O3. The number of fused-ring (bicyclic) bond motifs is 1. The molecule has 4 aromatic rings. The van der Waals surface area contributed by atoms with E-state index in [9.17, 15) is 9.90 Å². The van der Waals surface area contributed by atoms with Crippen molar-refractivity contribution in [2.45, 2.75) is 23.9 Å². The van der Waals surface area contributed by atoms with Crippen LogP contribution in [0.4, 0.5) is 0 Å². The number of esters is 1. The Hall–Kier alpha value is -3.43. The fraction of sp³-hybridized carbons (Fsp3) is 0.207. The Kier molecular flexibility index (Phi) is 5.28. The quantitative estimate of drug-likeness (QED) is 0.424. The molecule has 0 amide bonds. The molecule has 4 aromatic carbocycles. The summed E-state index contributed by atoms with van der Waals surface area (Å²) < 4.78 is 5.26. The third-order valence-electron chi connectivity index (χ3n) is 6.95. The maximum absolute atomic E-state index is 13.2. The fourth-order valence-electron chi connectivity index (χ4n) is 5.47. The smallest absolute Gasteiger partial charge is 0.312 e. The van der Waals surface area contributed by atoms with Crippen LogP contribution in [0.1, 0.15) is 34.9 Å². The standard InChI is InChI=1S/C29H26O3/c1-32-28(30)27-26(21-11-4-2-5-12-21)25(19-29(27,31)24-14-6-3-7-15-24)23-17-16-20-10-8-9-13-22(20)18-23/h2-18,25-27,31H,19H2,1H3/t25-,26-,27-,29-/m1/s1. The minimum absolute atomic E-state index is 0.0451. The van der Waals surface area contributed by atoms with Gasteiger partial charge in [-0.1, -0.05) is 103 Å². The van der Waals surface area contributed by atoms with Crippen molar-refractivity contribution in [1.29, 1.82) is 0 Å². The topological polar surface area (TPSA) is 46.5 Å². The van der Waals surface area contributed by atoms with Crippen LogP contribution in [0.2, 0.25) is 0 Å². The minimum Gasteiger partial charge on any atom is -0.469 e. The number of ether oxygens (including phenoxy) is 1. The van der Waals surface area contributed by atoms with E-state index in [1.165, 1.54) is 12.5 Å². The monoisotopic (exact) mass is 422 g/mol. The van der Waals surface area contributed by atoms with Gasteiger partial charge in [-0.15, -0.1) is 0 Å². The highest BCUT2D eigenvalue weighted by atomic mass is 16.5. The maximum Gasteiger partial charge on any atom is 0.312 e. The summed E-state index contributed by atoms with van der Waals surface area (Å²) in [6.07, 6.45) is 0.439. The Morgan fingerprint density at radius 1 is 0.812 bits per heavy atom. The SMILES string of the molecule is COC(=O)[C@H]1[C@H](c2ccccc2)[C@@H](c2ccc3ccccc3c2)C[C@@]1(O)c1ccccc1. The van der Waals surface area contributed by atoms with Crippen molar-refractivity contribution in [3.8, 4) is 0 Å². The van der Waals surface area contributed by atoms with Gasteiger partial charge in [0.25, 0.3) is 0 Å². The largest absolute Gasteiger partial charge is 0.469 e. The lowest BCUT2D eigenvalue weighted by atomic mass is 9.76. The molecule has 0 bridgehead atoms. The molecule has 1 fully saturated rings. The normalized spacial score (nSPS) is 25.0. The molecular weight excluding hydrogens is 396 g/mol. The summed E-state index contributed by atoms with van der Waals surface area (Å²) in [5.41, 5.74) is 1.58. The van der Waals surface area contributed by atoms with Crippen LogP contribution in [0, 0.1) is 5.92 Å². The van der Waals surface area contributed by atoms with E-state index in [0.29, 0.717) is 6.42 Å². The summed E-state index contributed by atoms with van der Waals surface area (Å²) in [5, 5.41) is 14.4. The first-order chi connectivity index (χ1) is 15.6. The molecule has 0 radical (unpaired) electrons. The second-order valence-corrected chi connectivity index (χ2v) is 8.64. The summed E-state index contributed by atoms with van der Waals surface area (Å²) in [7, 11) is 1.40. The van der Waals surface area contributed by atoms with E-state index in [0.717, 1.165) is 22.1 Å². The van der Waals surface area contributed by atoms with Crippen molar-refractivity contribution in [2.24, 2.45) is 5.92 Å². The van der Waals surface area contributed by atoms with Crippen molar-refractivity contribution in [1.82, 2.24) is 0 Å². The number of carbonyl (C=O) groups excluding carboxylic acids is 1. The molecule has 0 unspecified atom stereocenters. The number of benzene rings is 4. The van der Waals surface area contributed by atoms with Gasteiger partial charge in [-0.05, 0) is 39.8 Å². The van der Waals surface area contributed by atoms with Crippen LogP contribution in [0.3, 0.4) is 0 Å². The summed E-state index contributed by atoms with van der Waals surface area (Å²) in [6.45, 7) is 0. The predicted octanol–water partition coefficient (Wildman–Crippen LogP) is 5.79. The Bertz CT molecular complexity index is 1230. The number of hydrogen-bond acceptors (Lipinski definition) is 3. The van der Waals surface area contributed by atoms with Gasteiger partial charge in [-0.25, -0.2) is 0 Å². The van der Waals surface area contributed by atoms with E-state index >= 15 is 0 Å². The van der Waals surface area contributed by atoms with E-state index in [4.69, 9.17) is 4.74 Å². The number of rotatable bonds is 4. The lowest BCUT2D eigenvalue weighted by Gasteiger charge is -2.31. The molecule has 5 rings (SSSR count). The highest BCUT2D eigenvalue weighted by Crippen LogP contribution is 2.58. The summed E-state index contributed by atoms with van der Waals surface area (Å²) in [5.74, 6) is -1.35. The number of hydrogen-bond donors (Lipinski definition) is 1. The summed E-state index contributed by atoms with van der Waals surface area (Å²) in [4.78, 5) is 13.2. The molecule has 3 heteroatoms. The van der Waals surface area contributed by atoms with Gasteiger partial charge in [0.05, 0.1) is 13.0 Å². The first kappa shape index (κ1) is 20.5.